The molecule has 0 radical (unpaired) electrons. The van der Waals surface area contributed by atoms with Gasteiger partial charge in [0.05, 0.1) is 22.3 Å². The molecular weight excluding hydrogens is 366 g/mol. The Morgan fingerprint density at radius 2 is 1.89 bits per heavy atom. The van der Waals surface area contributed by atoms with Gasteiger partial charge in [-0.3, -0.25) is 14.6 Å². The first-order chi connectivity index (χ1) is 13.0. The number of rotatable bonds is 6. The van der Waals surface area contributed by atoms with E-state index in [-0.39, 0.29) is 18.1 Å². The number of pyridine rings is 1. The minimum atomic E-state index is -0.572. The van der Waals surface area contributed by atoms with Gasteiger partial charge in [-0.2, -0.15) is 0 Å². The molecule has 0 unspecified atom stereocenters. The molecule has 27 heavy (non-hydrogen) atoms. The number of primary amides is 1. The molecular formula is C20H16ClN3O3. The van der Waals surface area contributed by atoms with Crippen molar-refractivity contribution in [3.63, 3.8) is 0 Å². The van der Waals surface area contributed by atoms with Gasteiger partial charge in [0, 0.05) is 11.9 Å². The van der Waals surface area contributed by atoms with Gasteiger partial charge in [0.15, 0.2) is 0 Å². The van der Waals surface area contributed by atoms with Gasteiger partial charge in [-0.25, -0.2) is 0 Å². The van der Waals surface area contributed by atoms with Gasteiger partial charge in [0.1, 0.15) is 12.4 Å². The fourth-order valence-electron chi connectivity index (χ4n) is 2.38. The molecule has 136 valence electrons. The second-order valence-electron chi connectivity index (χ2n) is 5.70. The van der Waals surface area contributed by atoms with Crippen LogP contribution in [-0.4, -0.2) is 16.8 Å². The lowest BCUT2D eigenvalue weighted by Crippen LogP contribution is -2.12. The molecule has 6 nitrogen and oxygen atoms in total. The molecule has 3 rings (SSSR count). The first-order valence-electron chi connectivity index (χ1n) is 8.05. The Balaban J connectivity index is 1.67. The maximum atomic E-state index is 12.3. The number of carbonyl (C=O) groups excluding carboxylic acids is 2. The van der Waals surface area contributed by atoms with Crippen molar-refractivity contribution in [3.05, 3.63) is 88.7 Å². The summed E-state index contributed by atoms with van der Waals surface area (Å²) < 4.78 is 5.64. The maximum absolute atomic E-state index is 12.3. The van der Waals surface area contributed by atoms with Crippen LogP contribution < -0.4 is 15.8 Å². The summed E-state index contributed by atoms with van der Waals surface area (Å²) >= 11 is 6.05. The molecule has 0 spiro atoms. The molecule has 0 aliphatic heterocycles. The van der Waals surface area contributed by atoms with E-state index >= 15 is 0 Å². The van der Waals surface area contributed by atoms with E-state index in [0.717, 1.165) is 5.56 Å². The van der Waals surface area contributed by atoms with Crippen LogP contribution in [-0.2, 0) is 6.61 Å². The van der Waals surface area contributed by atoms with Gasteiger partial charge in [0.2, 0.25) is 5.91 Å². The zero-order chi connectivity index (χ0) is 19.2. The predicted molar refractivity (Wildman–Crippen MR) is 103 cm³/mol. The third-order valence-corrected chi connectivity index (χ3v) is 4.04. The number of carbonyl (C=O) groups is 2. The zero-order valence-electron chi connectivity index (χ0n) is 14.2. The number of benzene rings is 2. The van der Waals surface area contributed by atoms with Gasteiger partial charge >= 0.3 is 0 Å². The first-order valence-corrected chi connectivity index (χ1v) is 8.43. The van der Waals surface area contributed by atoms with E-state index in [1.807, 2.05) is 6.07 Å². The molecule has 3 N–H and O–H groups in total. The molecule has 0 aliphatic rings. The van der Waals surface area contributed by atoms with Crippen molar-refractivity contribution in [3.8, 4) is 5.75 Å². The number of hydrogen-bond donors (Lipinski definition) is 2. The highest BCUT2D eigenvalue weighted by molar-refractivity contribution is 6.34. The number of nitrogens with two attached hydrogens (primary N) is 1. The number of hydrogen-bond acceptors (Lipinski definition) is 4. The molecule has 0 bridgehead atoms. The van der Waals surface area contributed by atoms with E-state index in [0.29, 0.717) is 22.0 Å². The Kier molecular flexibility index (Phi) is 5.68. The molecule has 2 aromatic carbocycles. The lowest BCUT2D eigenvalue weighted by Gasteiger charge is -2.10. The Bertz CT molecular complexity index is 991. The number of ether oxygens (including phenoxy) is 1. The molecule has 0 saturated heterocycles. The number of halogens is 1. The van der Waals surface area contributed by atoms with E-state index in [4.69, 9.17) is 22.1 Å². The van der Waals surface area contributed by atoms with Crippen LogP contribution in [0.25, 0.3) is 0 Å². The second kappa shape index (κ2) is 8.33. The highest BCUT2D eigenvalue weighted by Gasteiger charge is 2.10. The summed E-state index contributed by atoms with van der Waals surface area (Å²) in [4.78, 5) is 27.5. The highest BCUT2D eigenvalue weighted by Crippen LogP contribution is 2.19. The summed E-state index contributed by atoms with van der Waals surface area (Å²) in [5.74, 6) is -0.439. The van der Waals surface area contributed by atoms with Crippen LogP contribution in [0.3, 0.4) is 0 Å². The quantitative estimate of drug-likeness (QED) is 0.681. The second-order valence-corrected chi connectivity index (χ2v) is 6.10. The van der Waals surface area contributed by atoms with Crippen molar-refractivity contribution >= 4 is 29.1 Å². The van der Waals surface area contributed by atoms with Crippen molar-refractivity contribution in [2.75, 3.05) is 5.32 Å². The van der Waals surface area contributed by atoms with E-state index in [9.17, 15) is 9.59 Å². The van der Waals surface area contributed by atoms with Crippen LogP contribution in [0.15, 0.2) is 67.0 Å². The SMILES string of the molecule is NC(=O)c1cncc(OCc2cccc(NC(=O)c3ccccc3Cl)c2)c1. The normalized spacial score (nSPS) is 10.3. The van der Waals surface area contributed by atoms with Gasteiger partial charge in [0.25, 0.3) is 5.91 Å². The molecule has 0 saturated carbocycles. The Labute approximate surface area is 160 Å². The number of nitrogens with one attached hydrogen (secondary N) is 1. The highest BCUT2D eigenvalue weighted by atomic mass is 35.5. The minimum absolute atomic E-state index is 0.236. The smallest absolute Gasteiger partial charge is 0.257 e. The molecule has 0 fully saturated rings. The van der Waals surface area contributed by atoms with E-state index < -0.39 is 5.91 Å². The number of amides is 2. The monoisotopic (exact) mass is 381 g/mol. The van der Waals surface area contributed by atoms with Crippen LogP contribution in [0.5, 0.6) is 5.75 Å². The molecule has 2 amide bonds. The molecule has 1 aromatic heterocycles. The van der Waals surface area contributed by atoms with Crippen LogP contribution in [0.2, 0.25) is 5.02 Å². The van der Waals surface area contributed by atoms with Gasteiger partial charge in [-0.05, 0) is 35.9 Å². The average molecular weight is 382 g/mol. The molecule has 1 heterocycles. The van der Waals surface area contributed by atoms with Gasteiger partial charge in [-0.1, -0.05) is 35.9 Å². The summed E-state index contributed by atoms with van der Waals surface area (Å²) in [5, 5.41) is 3.19. The molecule has 7 heteroatoms. The third-order valence-electron chi connectivity index (χ3n) is 3.71. The largest absolute Gasteiger partial charge is 0.487 e. The fraction of sp³-hybridized carbons (Fsp3) is 0.0500. The lowest BCUT2D eigenvalue weighted by atomic mass is 10.2. The summed E-state index contributed by atoms with van der Waals surface area (Å²) in [6.07, 6.45) is 2.87. The molecule has 0 atom stereocenters. The Morgan fingerprint density at radius 1 is 1.07 bits per heavy atom. The topological polar surface area (TPSA) is 94.3 Å². The first kappa shape index (κ1) is 18.4. The summed E-state index contributed by atoms with van der Waals surface area (Å²) in [7, 11) is 0. The van der Waals surface area contributed by atoms with Crippen LogP contribution in [0.1, 0.15) is 26.3 Å². The third kappa shape index (κ3) is 4.83. The van der Waals surface area contributed by atoms with Crippen LogP contribution in [0, 0.1) is 0 Å². The van der Waals surface area contributed by atoms with Crippen LogP contribution >= 0.6 is 11.6 Å². The summed E-state index contributed by atoms with van der Waals surface area (Å²) in [6, 6.07) is 15.6. The number of nitrogens with zero attached hydrogens (tertiary/aromatic N) is 1. The standard InChI is InChI=1S/C20H16ClN3O3/c21-18-7-2-1-6-17(18)20(26)24-15-5-3-4-13(8-15)12-27-16-9-14(19(22)25)10-23-11-16/h1-11H,12H2,(H2,22,25)(H,24,26). The Morgan fingerprint density at radius 3 is 2.67 bits per heavy atom. The summed E-state index contributed by atoms with van der Waals surface area (Å²) in [6.45, 7) is 0.236. The zero-order valence-corrected chi connectivity index (χ0v) is 14.9. The van der Waals surface area contributed by atoms with Crippen molar-refractivity contribution in [2.24, 2.45) is 5.73 Å². The number of anilines is 1. The van der Waals surface area contributed by atoms with E-state index in [1.54, 1.807) is 42.5 Å². The fourth-order valence-corrected chi connectivity index (χ4v) is 2.60. The van der Waals surface area contributed by atoms with Crippen molar-refractivity contribution in [1.29, 1.82) is 0 Å². The van der Waals surface area contributed by atoms with E-state index in [2.05, 4.69) is 10.3 Å². The van der Waals surface area contributed by atoms with E-state index in [1.165, 1.54) is 18.5 Å². The van der Waals surface area contributed by atoms with Crippen molar-refractivity contribution in [2.45, 2.75) is 6.61 Å². The Hall–Kier alpha value is -3.38. The van der Waals surface area contributed by atoms with Gasteiger partial charge in [-0.15, -0.1) is 0 Å². The number of aromatic nitrogens is 1. The average Bonchev–Trinajstić information content (AvgIpc) is 2.67. The predicted octanol–water partition coefficient (Wildman–Crippen LogP) is 3.67. The minimum Gasteiger partial charge on any atom is -0.487 e. The molecule has 0 aliphatic carbocycles. The maximum Gasteiger partial charge on any atom is 0.257 e. The van der Waals surface area contributed by atoms with Crippen molar-refractivity contribution in [1.82, 2.24) is 4.98 Å². The molecule has 3 aromatic rings. The summed E-state index contributed by atoms with van der Waals surface area (Å²) in [5.41, 5.74) is 7.35. The van der Waals surface area contributed by atoms with Gasteiger partial charge < -0.3 is 15.8 Å². The van der Waals surface area contributed by atoms with Crippen LogP contribution in [0.4, 0.5) is 5.69 Å². The lowest BCUT2D eigenvalue weighted by molar-refractivity contribution is 0.0997. The van der Waals surface area contributed by atoms with Crippen molar-refractivity contribution < 1.29 is 14.3 Å².